The highest BCUT2D eigenvalue weighted by Gasteiger charge is 1.89. The molecular weight excluding hydrogens is 152 g/mol. The maximum Gasteiger partial charge on any atom is 0.269 e. The molecule has 0 aromatic carbocycles. The van der Waals surface area contributed by atoms with Crippen LogP contribution in [0.3, 0.4) is 0 Å². The Morgan fingerprint density at radius 1 is 1.67 bits per heavy atom. The topological polar surface area (TPSA) is 34.9 Å². The summed E-state index contributed by atoms with van der Waals surface area (Å²) in [5.74, 6) is 0. The van der Waals surface area contributed by atoms with Crippen molar-refractivity contribution < 1.29 is 0 Å². The first-order chi connectivity index (χ1) is 5.70. The minimum atomic E-state index is -0.0602. The normalized spacial score (nSPS) is 9.50. The van der Waals surface area contributed by atoms with Gasteiger partial charge in [0, 0.05) is 18.9 Å². The summed E-state index contributed by atoms with van der Waals surface area (Å²) in [6.45, 7) is 4.64. The van der Waals surface area contributed by atoms with Crippen molar-refractivity contribution in [3.63, 3.8) is 0 Å². The van der Waals surface area contributed by atoms with Gasteiger partial charge in [-0.2, -0.15) is 0 Å². The van der Waals surface area contributed by atoms with Gasteiger partial charge >= 0.3 is 0 Å². The smallest absolute Gasteiger partial charge is 0.269 e. The molecule has 0 aliphatic carbocycles. The van der Waals surface area contributed by atoms with Crippen LogP contribution in [0.4, 0.5) is 0 Å². The Morgan fingerprint density at radius 2 is 2.42 bits per heavy atom. The van der Waals surface area contributed by atoms with Crippen molar-refractivity contribution in [3.05, 3.63) is 40.6 Å². The fraction of sp³-hybridized carbons (Fsp3) is 0.333. The van der Waals surface area contributed by atoms with Crippen molar-refractivity contribution in [1.29, 1.82) is 0 Å². The van der Waals surface area contributed by atoms with Gasteiger partial charge in [0.2, 0.25) is 0 Å². The highest BCUT2D eigenvalue weighted by molar-refractivity contribution is 4.94. The van der Waals surface area contributed by atoms with Gasteiger partial charge < -0.3 is 4.57 Å². The van der Waals surface area contributed by atoms with Gasteiger partial charge in [-0.1, -0.05) is 11.6 Å². The zero-order valence-electron chi connectivity index (χ0n) is 7.32. The highest BCUT2D eigenvalue weighted by atomic mass is 16.1. The van der Waals surface area contributed by atoms with Gasteiger partial charge in [-0.05, 0) is 13.8 Å². The van der Waals surface area contributed by atoms with Gasteiger partial charge in [-0.25, -0.2) is 0 Å². The van der Waals surface area contributed by atoms with Crippen LogP contribution in [-0.4, -0.2) is 9.55 Å². The standard InChI is InChI=1S/C9H12N2O/c1-8(2)3-5-11-6-4-10-7-9(11)12/h3-4,6-7H,5H2,1-2H3. The second kappa shape index (κ2) is 3.85. The van der Waals surface area contributed by atoms with Crippen molar-refractivity contribution in [1.82, 2.24) is 9.55 Å². The van der Waals surface area contributed by atoms with E-state index in [2.05, 4.69) is 4.98 Å². The maximum absolute atomic E-state index is 11.1. The third kappa shape index (κ3) is 2.34. The number of rotatable bonds is 2. The number of hydrogen-bond donors (Lipinski definition) is 0. The SMILES string of the molecule is CC(C)=CCn1ccncc1=O. The van der Waals surface area contributed by atoms with Crippen LogP contribution in [0.1, 0.15) is 13.8 Å². The highest BCUT2D eigenvalue weighted by Crippen LogP contribution is 1.89. The molecule has 3 heteroatoms. The Balaban J connectivity index is 2.84. The van der Waals surface area contributed by atoms with E-state index >= 15 is 0 Å². The summed E-state index contributed by atoms with van der Waals surface area (Å²) >= 11 is 0. The Bertz CT molecular complexity index is 334. The molecule has 0 fully saturated rings. The molecule has 0 aliphatic rings. The molecule has 0 atom stereocenters. The summed E-state index contributed by atoms with van der Waals surface area (Å²) in [6.07, 6.45) is 6.61. The van der Waals surface area contributed by atoms with Crippen LogP contribution in [0, 0.1) is 0 Å². The second-order valence-corrected chi connectivity index (χ2v) is 2.85. The summed E-state index contributed by atoms with van der Waals surface area (Å²) < 4.78 is 1.61. The van der Waals surface area contributed by atoms with Crippen LogP contribution < -0.4 is 5.56 Å². The van der Waals surface area contributed by atoms with E-state index in [9.17, 15) is 4.79 Å². The fourth-order valence-electron chi connectivity index (χ4n) is 0.805. The van der Waals surface area contributed by atoms with Crippen LogP contribution >= 0.6 is 0 Å². The molecule has 0 unspecified atom stereocenters. The van der Waals surface area contributed by atoms with Crippen LogP contribution in [0.2, 0.25) is 0 Å². The molecule has 0 N–H and O–H groups in total. The van der Waals surface area contributed by atoms with Gasteiger partial charge in [0.25, 0.3) is 5.56 Å². The number of nitrogens with zero attached hydrogens (tertiary/aromatic N) is 2. The van der Waals surface area contributed by atoms with Gasteiger partial charge in [-0.15, -0.1) is 0 Å². The molecule has 12 heavy (non-hydrogen) atoms. The van der Waals surface area contributed by atoms with Crippen molar-refractivity contribution in [3.8, 4) is 0 Å². The number of aromatic nitrogens is 2. The van der Waals surface area contributed by atoms with Crippen molar-refractivity contribution >= 4 is 0 Å². The van der Waals surface area contributed by atoms with Crippen LogP contribution in [0.5, 0.6) is 0 Å². The van der Waals surface area contributed by atoms with Gasteiger partial charge in [-0.3, -0.25) is 9.78 Å². The van der Waals surface area contributed by atoms with Gasteiger partial charge in [0.1, 0.15) is 0 Å². The summed E-state index contributed by atoms with van der Waals surface area (Å²) in [5, 5.41) is 0. The first kappa shape index (κ1) is 8.71. The summed E-state index contributed by atoms with van der Waals surface area (Å²) in [6, 6.07) is 0. The quantitative estimate of drug-likeness (QED) is 0.616. The van der Waals surface area contributed by atoms with E-state index in [1.807, 2.05) is 19.9 Å². The average molecular weight is 164 g/mol. The minimum Gasteiger partial charge on any atom is -0.309 e. The Labute approximate surface area is 71.4 Å². The Morgan fingerprint density at radius 3 is 3.00 bits per heavy atom. The molecule has 0 radical (unpaired) electrons. The molecule has 1 heterocycles. The predicted molar refractivity (Wildman–Crippen MR) is 47.9 cm³/mol. The average Bonchev–Trinajstić information content (AvgIpc) is 2.03. The Hall–Kier alpha value is -1.38. The first-order valence-corrected chi connectivity index (χ1v) is 3.84. The van der Waals surface area contributed by atoms with E-state index < -0.39 is 0 Å². The predicted octanol–water partition coefficient (Wildman–Crippen LogP) is 1.21. The lowest BCUT2D eigenvalue weighted by molar-refractivity contribution is 0.762. The van der Waals surface area contributed by atoms with Crippen LogP contribution in [0.25, 0.3) is 0 Å². The molecule has 0 bridgehead atoms. The summed E-state index contributed by atoms with van der Waals surface area (Å²) in [5.41, 5.74) is 1.15. The number of allylic oxidation sites excluding steroid dienone is 2. The van der Waals surface area contributed by atoms with Gasteiger partial charge in [0.05, 0.1) is 6.20 Å². The van der Waals surface area contributed by atoms with E-state index in [4.69, 9.17) is 0 Å². The van der Waals surface area contributed by atoms with E-state index in [1.165, 1.54) is 11.8 Å². The van der Waals surface area contributed by atoms with Crippen LogP contribution in [-0.2, 0) is 6.54 Å². The minimum absolute atomic E-state index is 0.0602. The second-order valence-electron chi connectivity index (χ2n) is 2.85. The van der Waals surface area contributed by atoms with E-state index in [-0.39, 0.29) is 5.56 Å². The first-order valence-electron chi connectivity index (χ1n) is 3.84. The Kier molecular flexibility index (Phi) is 2.80. The molecule has 0 saturated heterocycles. The largest absolute Gasteiger partial charge is 0.309 e. The van der Waals surface area contributed by atoms with E-state index in [0.717, 1.165) is 0 Å². The molecule has 0 spiro atoms. The van der Waals surface area contributed by atoms with Crippen molar-refractivity contribution in [2.24, 2.45) is 0 Å². The zero-order chi connectivity index (χ0) is 8.97. The van der Waals surface area contributed by atoms with E-state index in [1.54, 1.807) is 17.0 Å². The van der Waals surface area contributed by atoms with E-state index in [0.29, 0.717) is 6.54 Å². The van der Waals surface area contributed by atoms with Crippen molar-refractivity contribution in [2.45, 2.75) is 20.4 Å². The lowest BCUT2D eigenvalue weighted by Crippen LogP contribution is -2.17. The van der Waals surface area contributed by atoms with Gasteiger partial charge in [0.15, 0.2) is 0 Å². The molecule has 0 amide bonds. The third-order valence-electron chi connectivity index (χ3n) is 1.50. The third-order valence-corrected chi connectivity index (χ3v) is 1.50. The fourth-order valence-corrected chi connectivity index (χ4v) is 0.805. The summed E-state index contributed by atoms with van der Waals surface area (Å²) in [4.78, 5) is 14.8. The molecule has 1 rings (SSSR count). The molecule has 1 aromatic rings. The molecular formula is C9H12N2O. The van der Waals surface area contributed by atoms with Crippen molar-refractivity contribution in [2.75, 3.05) is 0 Å². The molecule has 0 saturated carbocycles. The molecule has 3 nitrogen and oxygen atoms in total. The maximum atomic E-state index is 11.1. The summed E-state index contributed by atoms with van der Waals surface area (Å²) in [7, 11) is 0. The molecule has 64 valence electrons. The molecule has 0 aliphatic heterocycles. The monoisotopic (exact) mass is 164 g/mol. The van der Waals surface area contributed by atoms with Crippen LogP contribution in [0.15, 0.2) is 35.0 Å². The number of hydrogen-bond acceptors (Lipinski definition) is 2. The zero-order valence-corrected chi connectivity index (χ0v) is 7.32. The molecule has 1 aromatic heterocycles. The lowest BCUT2D eigenvalue weighted by Gasteiger charge is -1.99. The lowest BCUT2D eigenvalue weighted by atomic mass is 10.3.